The number of hydrogen-bond donors (Lipinski definition) is 1. The van der Waals surface area contributed by atoms with Gasteiger partial charge in [0.2, 0.25) is 0 Å². The Kier molecular flexibility index (Phi) is 3.74. The monoisotopic (exact) mass is 271 g/mol. The molecular formula is C16H21N3O. The zero-order valence-electron chi connectivity index (χ0n) is 12.1. The van der Waals surface area contributed by atoms with Gasteiger partial charge >= 0.3 is 0 Å². The Hall–Kier alpha value is -1.81. The lowest BCUT2D eigenvalue weighted by Gasteiger charge is -2.11. The van der Waals surface area contributed by atoms with Crippen molar-refractivity contribution in [3.8, 4) is 5.75 Å². The van der Waals surface area contributed by atoms with Gasteiger partial charge in [0.1, 0.15) is 11.9 Å². The first-order valence-corrected chi connectivity index (χ1v) is 7.23. The van der Waals surface area contributed by atoms with Crippen LogP contribution < -0.4 is 10.1 Å². The fraction of sp³-hybridized carbons (Fsp3) is 0.438. The molecular weight excluding hydrogens is 250 g/mol. The van der Waals surface area contributed by atoms with Crippen LogP contribution in [0.3, 0.4) is 0 Å². The van der Waals surface area contributed by atoms with Crippen molar-refractivity contribution in [2.24, 2.45) is 7.05 Å². The quantitative estimate of drug-likeness (QED) is 0.905. The van der Waals surface area contributed by atoms with Crippen LogP contribution in [0, 0.1) is 0 Å². The van der Waals surface area contributed by atoms with Gasteiger partial charge in [-0.05, 0) is 24.1 Å². The van der Waals surface area contributed by atoms with E-state index in [1.165, 1.54) is 11.3 Å². The lowest BCUT2D eigenvalue weighted by Crippen LogP contribution is -2.30. The van der Waals surface area contributed by atoms with Gasteiger partial charge in [0.25, 0.3) is 0 Å². The van der Waals surface area contributed by atoms with Crippen LogP contribution in [0.4, 0.5) is 0 Å². The largest absolute Gasteiger partial charge is 0.488 e. The summed E-state index contributed by atoms with van der Waals surface area (Å²) >= 11 is 0. The molecule has 1 aliphatic heterocycles. The van der Waals surface area contributed by atoms with Crippen LogP contribution in [0.5, 0.6) is 5.75 Å². The maximum atomic E-state index is 5.92. The Morgan fingerprint density at radius 2 is 2.25 bits per heavy atom. The number of nitrogens with one attached hydrogen (secondary N) is 1. The summed E-state index contributed by atoms with van der Waals surface area (Å²) in [5.74, 6) is 1.04. The van der Waals surface area contributed by atoms with E-state index in [1.807, 2.05) is 23.9 Å². The van der Waals surface area contributed by atoms with Crippen molar-refractivity contribution in [3.05, 3.63) is 47.3 Å². The van der Waals surface area contributed by atoms with E-state index in [1.54, 1.807) is 0 Å². The number of hydrogen-bond acceptors (Lipinski definition) is 3. The fourth-order valence-electron chi connectivity index (χ4n) is 2.64. The van der Waals surface area contributed by atoms with E-state index >= 15 is 0 Å². The van der Waals surface area contributed by atoms with Gasteiger partial charge in [-0.2, -0.15) is 5.10 Å². The highest BCUT2D eigenvalue weighted by atomic mass is 16.5. The summed E-state index contributed by atoms with van der Waals surface area (Å²) in [6.07, 6.45) is 2.22. The zero-order valence-corrected chi connectivity index (χ0v) is 12.1. The molecule has 0 aliphatic carbocycles. The Balaban J connectivity index is 1.50. The highest BCUT2D eigenvalue weighted by Crippen LogP contribution is 2.27. The Labute approximate surface area is 119 Å². The topological polar surface area (TPSA) is 39.1 Å². The molecule has 2 heterocycles. The summed E-state index contributed by atoms with van der Waals surface area (Å²) in [5.41, 5.74) is 3.68. The van der Waals surface area contributed by atoms with Crippen molar-refractivity contribution in [1.82, 2.24) is 15.1 Å². The SMILES string of the molecule is CCc1cc(CNCC2Cc3ccccc3O2)n(C)n1. The van der Waals surface area contributed by atoms with Gasteiger partial charge in [-0.25, -0.2) is 0 Å². The first-order chi connectivity index (χ1) is 9.76. The van der Waals surface area contributed by atoms with E-state index in [0.717, 1.165) is 37.4 Å². The molecule has 0 spiro atoms. The molecule has 3 rings (SSSR count). The van der Waals surface area contributed by atoms with Crippen molar-refractivity contribution in [2.45, 2.75) is 32.4 Å². The average molecular weight is 271 g/mol. The molecule has 0 radical (unpaired) electrons. The van der Waals surface area contributed by atoms with Crippen LogP contribution in [0.2, 0.25) is 0 Å². The van der Waals surface area contributed by atoms with Crippen LogP contribution in [0.15, 0.2) is 30.3 Å². The summed E-state index contributed by atoms with van der Waals surface area (Å²) in [5, 5.41) is 7.93. The van der Waals surface area contributed by atoms with Crippen LogP contribution in [-0.4, -0.2) is 22.4 Å². The third kappa shape index (κ3) is 2.70. The third-order valence-corrected chi connectivity index (χ3v) is 3.78. The fourth-order valence-corrected chi connectivity index (χ4v) is 2.64. The summed E-state index contributed by atoms with van der Waals surface area (Å²) in [7, 11) is 2.00. The molecule has 4 nitrogen and oxygen atoms in total. The van der Waals surface area contributed by atoms with Gasteiger partial charge in [0.15, 0.2) is 0 Å². The van der Waals surface area contributed by atoms with Crippen LogP contribution in [0.25, 0.3) is 0 Å². The maximum Gasteiger partial charge on any atom is 0.123 e. The minimum Gasteiger partial charge on any atom is -0.488 e. The predicted molar refractivity (Wildman–Crippen MR) is 78.9 cm³/mol. The minimum atomic E-state index is 0.242. The van der Waals surface area contributed by atoms with Gasteiger partial charge in [-0.1, -0.05) is 25.1 Å². The van der Waals surface area contributed by atoms with Gasteiger partial charge in [-0.15, -0.1) is 0 Å². The van der Waals surface area contributed by atoms with E-state index in [-0.39, 0.29) is 6.10 Å². The van der Waals surface area contributed by atoms with E-state index in [2.05, 4.69) is 35.5 Å². The molecule has 4 heteroatoms. The third-order valence-electron chi connectivity index (χ3n) is 3.78. The van der Waals surface area contributed by atoms with Gasteiger partial charge in [-0.3, -0.25) is 4.68 Å². The second-order valence-electron chi connectivity index (χ2n) is 5.29. The average Bonchev–Trinajstić information content (AvgIpc) is 3.02. The number of aromatic nitrogens is 2. The van der Waals surface area contributed by atoms with Crippen molar-refractivity contribution in [1.29, 1.82) is 0 Å². The molecule has 0 amide bonds. The minimum absolute atomic E-state index is 0.242. The Bertz CT molecular complexity index is 566. The lowest BCUT2D eigenvalue weighted by atomic mass is 10.1. The zero-order chi connectivity index (χ0) is 13.9. The van der Waals surface area contributed by atoms with Gasteiger partial charge in [0.05, 0.1) is 11.4 Å². The molecule has 1 aromatic carbocycles. The normalized spacial score (nSPS) is 17.0. The molecule has 1 aliphatic rings. The predicted octanol–water partition coefficient (Wildman–Crippen LogP) is 2.08. The molecule has 1 unspecified atom stereocenters. The van der Waals surface area contributed by atoms with Crippen LogP contribution in [-0.2, 0) is 26.4 Å². The molecule has 20 heavy (non-hydrogen) atoms. The summed E-state index contributed by atoms with van der Waals surface area (Å²) in [6, 6.07) is 10.4. The highest BCUT2D eigenvalue weighted by Gasteiger charge is 2.21. The van der Waals surface area contributed by atoms with Crippen LogP contribution in [0.1, 0.15) is 23.9 Å². The Morgan fingerprint density at radius 1 is 1.40 bits per heavy atom. The van der Waals surface area contributed by atoms with E-state index in [0.29, 0.717) is 0 Å². The first kappa shape index (κ1) is 13.2. The maximum absolute atomic E-state index is 5.92. The molecule has 2 aromatic rings. The second-order valence-corrected chi connectivity index (χ2v) is 5.29. The molecule has 1 atom stereocenters. The van der Waals surface area contributed by atoms with E-state index in [4.69, 9.17) is 4.74 Å². The van der Waals surface area contributed by atoms with Gasteiger partial charge < -0.3 is 10.1 Å². The summed E-state index contributed by atoms with van der Waals surface area (Å²) < 4.78 is 7.87. The molecule has 0 fully saturated rings. The van der Waals surface area contributed by atoms with Crippen molar-refractivity contribution < 1.29 is 4.74 Å². The molecule has 0 saturated carbocycles. The first-order valence-electron chi connectivity index (χ1n) is 7.23. The van der Waals surface area contributed by atoms with Crippen molar-refractivity contribution in [3.63, 3.8) is 0 Å². The van der Waals surface area contributed by atoms with Crippen LogP contribution >= 0.6 is 0 Å². The number of benzene rings is 1. The highest BCUT2D eigenvalue weighted by molar-refractivity contribution is 5.37. The number of rotatable bonds is 5. The molecule has 0 bridgehead atoms. The number of para-hydroxylation sites is 1. The summed E-state index contributed by atoms with van der Waals surface area (Å²) in [4.78, 5) is 0. The second kappa shape index (κ2) is 5.67. The standard InChI is InChI=1S/C16H21N3O/c1-3-13-9-14(19(2)18-13)10-17-11-15-8-12-6-4-5-7-16(12)20-15/h4-7,9,15,17H,3,8,10-11H2,1-2H3. The summed E-state index contributed by atoms with van der Waals surface area (Å²) in [6.45, 7) is 3.82. The lowest BCUT2D eigenvalue weighted by molar-refractivity contribution is 0.227. The number of nitrogens with zero attached hydrogens (tertiary/aromatic N) is 2. The smallest absolute Gasteiger partial charge is 0.123 e. The Morgan fingerprint density at radius 3 is 3.00 bits per heavy atom. The van der Waals surface area contributed by atoms with Crippen molar-refractivity contribution >= 4 is 0 Å². The molecule has 106 valence electrons. The molecule has 1 N–H and O–H groups in total. The molecule has 0 saturated heterocycles. The van der Waals surface area contributed by atoms with Gasteiger partial charge in [0, 0.05) is 26.6 Å². The van der Waals surface area contributed by atoms with E-state index in [9.17, 15) is 0 Å². The molecule has 1 aromatic heterocycles. The number of ether oxygens (including phenoxy) is 1. The van der Waals surface area contributed by atoms with E-state index < -0.39 is 0 Å². The number of fused-ring (bicyclic) bond motifs is 1. The van der Waals surface area contributed by atoms with Crippen molar-refractivity contribution in [2.75, 3.05) is 6.54 Å². The number of aryl methyl sites for hydroxylation is 2.